The van der Waals surface area contributed by atoms with Crippen LogP contribution in [0.2, 0.25) is 5.02 Å². The zero-order valence-electron chi connectivity index (χ0n) is 10.5. The Bertz CT molecular complexity index is 446. The number of aryl methyl sites for hydroxylation is 1. The van der Waals surface area contributed by atoms with Crippen molar-refractivity contribution >= 4 is 23.5 Å². The van der Waals surface area contributed by atoms with Gasteiger partial charge in [-0.05, 0) is 37.6 Å². The quantitative estimate of drug-likeness (QED) is 0.835. The molecule has 0 aromatic heterocycles. The average Bonchev–Trinajstić information content (AvgIpc) is 2.33. The van der Waals surface area contributed by atoms with E-state index in [1.165, 1.54) is 0 Å². The minimum atomic E-state index is -0.315. The molecule has 0 saturated heterocycles. The molecule has 0 radical (unpaired) electrons. The molecule has 0 spiro atoms. The van der Waals surface area contributed by atoms with E-state index >= 15 is 0 Å². The maximum absolute atomic E-state index is 11.7. The maximum atomic E-state index is 11.7. The average molecular weight is 270 g/mol. The fourth-order valence-electron chi connectivity index (χ4n) is 1.40. The third-order valence-electron chi connectivity index (χ3n) is 2.34. The number of carbonyl (C=O) groups excluding carboxylic acids is 2. The van der Waals surface area contributed by atoms with Crippen LogP contribution in [0.3, 0.4) is 0 Å². The number of halogens is 1. The highest BCUT2D eigenvalue weighted by Gasteiger charge is 2.08. The first-order valence-electron chi connectivity index (χ1n) is 5.74. The van der Waals surface area contributed by atoms with Crippen molar-refractivity contribution in [1.29, 1.82) is 0 Å². The second-order valence-corrected chi connectivity index (χ2v) is 4.18. The van der Waals surface area contributed by atoms with E-state index in [2.05, 4.69) is 5.32 Å². The topological polar surface area (TPSA) is 55.4 Å². The molecular weight excluding hydrogens is 254 g/mol. The lowest BCUT2D eigenvalue weighted by molar-refractivity contribution is -0.142. The summed E-state index contributed by atoms with van der Waals surface area (Å²) in [5, 5.41) is 3.28. The van der Waals surface area contributed by atoms with E-state index in [0.29, 0.717) is 17.2 Å². The van der Waals surface area contributed by atoms with Gasteiger partial charge in [0, 0.05) is 17.1 Å². The molecule has 1 amide bonds. The van der Waals surface area contributed by atoms with Gasteiger partial charge < -0.3 is 10.1 Å². The monoisotopic (exact) mass is 269 g/mol. The molecule has 0 heterocycles. The van der Waals surface area contributed by atoms with E-state index in [0.717, 1.165) is 5.56 Å². The molecule has 1 aromatic carbocycles. The second-order valence-electron chi connectivity index (χ2n) is 3.77. The second kappa shape index (κ2) is 7.01. The normalized spacial score (nSPS) is 9.94. The lowest BCUT2D eigenvalue weighted by Crippen LogP contribution is -2.26. The summed E-state index contributed by atoms with van der Waals surface area (Å²) in [6.07, 6.45) is 0.173. The van der Waals surface area contributed by atoms with Crippen LogP contribution in [0.5, 0.6) is 0 Å². The van der Waals surface area contributed by atoms with Crippen molar-refractivity contribution < 1.29 is 14.3 Å². The molecule has 0 bridgehead atoms. The molecule has 5 heteroatoms. The van der Waals surface area contributed by atoms with E-state index in [1.807, 2.05) is 6.92 Å². The standard InChI is InChI=1S/C13H16ClNO3/c1-3-18-12(16)6-7-15-13(17)10-4-5-11(14)9(2)8-10/h4-5,8H,3,6-7H2,1-2H3,(H,15,17). The Morgan fingerprint density at radius 3 is 2.72 bits per heavy atom. The molecule has 1 aromatic rings. The third-order valence-corrected chi connectivity index (χ3v) is 2.76. The zero-order valence-corrected chi connectivity index (χ0v) is 11.2. The Labute approximate surface area is 111 Å². The molecular formula is C13H16ClNO3. The van der Waals surface area contributed by atoms with Crippen molar-refractivity contribution in [2.75, 3.05) is 13.2 Å². The van der Waals surface area contributed by atoms with Crippen LogP contribution in [0.15, 0.2) is 18.2 Å². The van der Waals surface area contributed by atoms with E-state index in [4.69, 9.17) is 16.3 Å². The highest BCUT2D eigenvalue weighted by molar-refractivity contribution is 6.31. The van der Waals surface area contributed by atoms with Crippen LogP contribution in [0, 0.1) is 6.92 Å². The SMILES string of the molecule is CCOC(=O)CCNC(=O)c1ccc(Cl)c(C)c1. The molecule has 98 valence electrons. The molecule has 0 atom stereocenters. The largest absolute Gasteiger partial charge is 0.466 e. The van der Waals surface area contributed by atoms with Crippen molar-refractivity contribution in [3.63, 3.8) is 0 Å². The fraction of sp³-hybridized carbons (Fsp3) is 0.385. The first kappa shape index (κ1) is 14.5. The zero-order chi connectivity index (χ0) is 13.5. The smallest absolute Gasteiger partial charge is 0.307 e. The predicted octanol–water partition coefficient (Wildman–Crippen LogP) is 2.33. The van der Waals surface area contributed by atoms with Crippen LogP contribution in [-0.4, -0.2) is 25.0 Å². The summed E-state index contributed by atoms with van der Waals surface area (Å²) in [5.41, 5.74) is 1.37. The Morgan fingerprint density at radius 2 is 2.11 bits per heavy atom. The van der Waals surface area contributed by atoms with Crippen molar-refractivity contribution in [2.24, 2.45) is 0 Å². The first-order chi connectivity index (χ1) is 8.54. The number of hydrogen-bond donors (Lipinski definition) is 1. The third kappa shape index (κ3) is 4.37. The number of amides is 1. The minimum Gasteiger partial charge on any atom is -0.466 e. The van der Waals surface area contributed by atoms with Crippen molar-refractivity contribution in [2.45, 2.75) is 20.3 Å². The van der Waals surface area contributed by atoms with Crippen LogP contribution >= 0.6 is 11.6 Å². The van der Waals surface area contributed by atoms with Gasteiger partial charge in [-0.25, -0.2) is 0 Å². The first-order valence-corrected chi connectivity index (χ1v) is 6.12. The van der Waals surface area contributed by atoms with E-state index in [-0.39, 0.29) is 24.8 Å². The summed E-state index contributed by atoms with van der Waals surface area (Å²) in [7, 11) is 0. The predicted molar refractivity (Wildman–Crippen MR) is 69.8 cm³/mol. The summed E-state index contributed by atoms with van der Waals surface area (Å²) in [6, 6.07) is 5.04. The van der Waals surface area contributed by atoms with Gasteiger partial charge in [0.25, 0.3) is 5.91 Å². The molecule has 0 fully saturated rings. The fourth-order valence-corrected chi connectivity index (χ4v) is 1.52. The number of hydrogen-bond acceptors (Lipinski definition) is 3. The molecule has 0 aliphatic heterocycles. The summed E-state index contributed by atoms with van der Waals surface area (Å²) in [5.74, 6) is -0.538. The van der Waals surface area contributed by atoms with Crippen LogP contribution in [0.4, 0.5) is 0 Å². The summed E-state index contributed by atoms with van der Waals surface area (Å²) >= 11 is 5.87. The lowest BCUT2D eigenvalue weighted by atomic mass is 10.1. The Hall–Kier alpha value is -1.55. The Balaban J connectivity index is 2.45. The number of esters is 1. The molecule has 0 aliphatic rings. The van der Waals surface area contributed by atoms with E-state index < -0.39 is 0 Å². The Morgan fingerprint density at radius 1 is 1.39 bits per heavy atom. The van der Waals surface area contributed by atoms with Gasteiger partial charge in [-0.15, -0.1) is 0 Å². The maximum Gasteiger partial charge on any atom is 0.307 e. The molecule has 0 aliphatic carbocycles. The van der Waals surface area contributed by atoms with Gasteiger partial charge in [-0.3, -0.25) is 9.59 Å². The Kier molecular flexibility index (Phi) is 5.65. The number of nitrogens with one attached hydrogen (secondary N) is 1. The molecule has 1 rings (SSSR count). The summed E-state index contributed by atoms with van der Waals surface area (Å²) in [6.45, 7) is 4.19. The molecule has 0 unspecified atom stereocenters. The molecule has 18 heavy (non-hydrogen) atoms. The minimum absolute atomic E-state index is 0.173. The molecule has 4 nitrogen and oxygen atoms in total. The summed E-state index contributed by atoms with van der Waals surface area (Å²) in [4.78, 5) is 22.8. The number of rotatable bonds is 5. The van der Waals surface area contributed by atoms with Crippen LogP contribution in [0.25, 0.3) is 0 Å². The highest BCUT2D eigenvalue weighted by Crippen LogP contribution is 2.16. The van der Waals surface area contributed by atoms with E-state index in [1.54, 1.807) is 25.1 Å². The number of ether oxygens (including phenoxy) is 1. The summed E-state index contributed by atoms with van der Waals surface area (Å²) < 4.78 is 4.76. The lowest BCUT2D eigenvalue weighted by Gasteiger charge is -2.06. The van der Waals surface area contributed by atoms with Gasteiger partial charge >= 0.3 is 5.97 Å². The highest BCUT2D eigenvalue weighted by atomic mass is 35.5. The van der Waals surface area contributed by atoms with Crippen LogP contribution < -0.4 is 5.32 Å². The molecule has 1 N–H and O–H groups in total. The number of carbonyl (C=O) groups is 2. The van der Waals surface area contributed by atoms with Gasteiger partial charge in [0.15, 0.2) is 0 Å². The van der Waals surface area contributed by atoms with Crippen molar-refractivity contribution in [1.82, 2.24) is 5.32 Å². The van der Waals surface area contributed by atoms with Crippen molar-refractivity contribution in [3.8, 4) is 0 Å². The van der Waals surface area contributed by atoms with Gasteiger partial charge in [0.05, 0.1) is 13.0 Å². The van der Waals surface area contributed by atoms with Crippen molar-refractivity contribution in [3.05, 3.63) is 34.3 Å². The van der Waals surface area contributed by atoms with Gasteiger partial charge in [0.1, 0.15) is 0 Å². The van der Waals surface area contributed by atoms with Crippen LogP contribution in [-0.2, 0) is 9.53 Å². The van der Waals surface area contributed by atoms with Gasteiger partial charge in [-0.2, -0.15) is 0 Å². The van der Waals surface area contributed by atoms with Crippen LogP contribution in [0.1, 0.15) is 29.3 Å². The van der Waals surface area contributed by atoms with Gasteiger partial charge in [-0.1, -0.05) is 11.6 Å². The van der Waals surface area contributed by atoms with Gasteiger partial charge in [0.2, 0.25) is 0 Å². The van der Waals surface area contributed by atoms with E-state index in [9.17, 15) is 9.59 Å². The number of benzene rings is 1. The molecule has 0 saturated carbocycles.